The lowest BCUT2D eigenvalue weighted by atomic mass is 9.95. The summed E-state index contributed by atoms with van der Waals surface area (Å²) in [7, 11) is 0. The van der Waals surface area contributed by atoms with Crippen molar-refractivity contribution in [1.29, 1.82) is 0 Å². The number of nitrogens with zero attached hydrogens (tertiary/aromatic N) is 3. The Balaban J connectivity index is 1.66. The molecule has 3 heterocycles. The first-order chi connectivity index (χ1) is 16.2. The van der Waals surface area contributed by atoms with Crippen LogP contribution >= 0.6 is 11.3 Å². The molecule has 9 nitrogen and oxygen atoms in total. The number of rotatable bonds is 5. The number of ketones is 1. The van der Waals surface area contributed by atoms with E-state index in [9.17, 15) is 29.2 Å². The first-order valence-corrected chi connectivity index (χ1v) is 10.7. The van der Waals surface area contributed by atoms with Crippen molar-refractivity contribution in [2.24, 2.45) is 0 Å². The Morgan fingerprint density at radius 2 is 1.94 bits per heavy atom. The number of carbonyl (C=O) groups is 2. The predicted molar refractivity (Wildman–Crippen MR) is 120 cm³/mol. The number of thiazole rings is 1. The number of nitro benzene ring substituents is 1. The van der Waals surface area contributed by atoms with Gasteiger partial charge >= 0.3 is 0 Å². The van der Waals surface area contributed by atoms with E-state index in [1.54, 1.807) is 13.0 Å². The Bertz CT molecular complexity index is 1520. The smallest absolute Gasteiger partial charge is 0.296 e. The van der Waals surface area contributed by atoms with Crippen LogP contribution in [0.3, 0.4) is 0 Å². The van der Waals surface area contributed by atoms with Crippen LogP contribution < -0.4 is 4.90 Å². The average molecular weight is 479 g/mol. The van der Waals surface area contributed by atoms with E-state index in [2.05, 4.69) is 4.98 Å². The minimum atomic E-state index is -1.12. The van der Waals surface area contributed by atoms with Gasteiger partial charge in [0.25, 0.3) is 11.6 Å². The molecule has 0 aliphatic carbocycles. The van der Waals surface area contributed by atoms with Crippen molar-refractivity contribution < 1.29 is 28.4 Å². The highest BCUT2D eigenvalue weighted by molar-refractivity contribution is 7.22. The SMILES string of the molecule is Cc1ccc(C(=O)C2=C(O)C(=O)N(c3nc4ccc([N+](=O)[O-])cc4s3)C2c2ccc(F)cc2)o1. The van der Waals surface area contributed by atoms with Crippen molar-refractivity contribution in [1.82, 2.24) is 4.98 Å². The quantitative estimate of drug-likeness (QED) is 0.242. The molecule has 0 saturated carbocycles. The van der Waals surface area contributed by atoms with Crippen molar-refractivity contribution in [3.63, 3.8) is 0 Å². The monoisotopic (exact) mass is 479 g/mol. The third-order valence-corrected chi connectivity index (χ3v) is 6.40. The summed E-state index contributed by atoms with van der Waals surface area (Å²) >= 11 is 0.990. The second kappa shape index (κ2) is 7.89. The van der Waals surface area contributed by atoms with Crippen LogP contribution in [0.15, 0.2) is 70.3 Å². The second-order valence-corrected chi connectivity index (χ2v) is 8.55. The Hall–Kier alpha value is -4.38. The number of aliphatic hydroxyl groups excluding tert-OH is 1. The van der Waals surface area contributed by atoms with Gasteiger partial charge in [-0.25, -0.2) is 9.37 Å². The van der Waals surface area contributed by atoms with Crippen molar-refractivity contribution >= 4 is 44.1 Å². The largest absolute Gasteiger partial charge is 0.503 e. The Morgan fingerprint density at radius 3 is 2.59 bits per heavy atom. The first-order valence-electron chi connectivity index (χ1n) is 9.93. The van der Waals surface area contributed by atoms with Crippen LogP contribution in [0.4, 0.5) is 15.2 Å². The summed E-state index contributed by atoms with van der Waals surface area (Å²) in [6.45, 7) is 1.65. The Kier molecular flexibility index (Phi) is 4.98. The number of benzene rings is 2. The van der Waals surface area contributed by atoms with Crippen LogP contribution in [-0.4, -0.2) is 26.7 Å². The average Bonchev–Trinajstić information content (AvgIpc) is 3.49. The molecular weight excluding hydrogens is 465 g/mol. The molecule has 5 rings (SSSR count). The lowest BCUT2D eigenvalue weighted by Crippen LogP contribution is -2.30. The summed E-state index contributed by atoms with van der Waals surface area (Å²) in [6.07, 6.45) is 0. The minimum absolute atomic E-state index is 0.0688. The Labute approximate surface area is 194 Å². The van der Waals surface area contributed by atoms with E-state index in [1.807, 2.05) is 0 Å². The second-order valence-electron chi connectivity index (χ2n) is 7.54. The number of furan rings is 1. The molecule has 0 saturated heterocycles. The number of aryl methyl sites for hydroxylation is 1. The Morgan fingerprint density at radius 1 is 1.21 bits per heavy atom. The van der Waals surface area contributed by atoms with Gasteiger partial charge in [-0.05, 0) is 42.8 Å². The molecule has 0 radical (unpaired) electrons. The summed E-state index contributed by atoms with van der Waals surface area (Å²) < 4.78 is 19.5. The van der Waals surface area contributed by atoms with E-state index in [-0.39, 0.29) is 22.2 Å². The van der Waals surface area contributed by atoms with E-state index in [1.165, 1.54) is 48.5 Å². The van der Waals surface area contributed by atoms with E-state index in [0.717, 1.165) is 16.2 Å². The summed E-state index contributed by atoms with van der Waals surface area (Å²) in [5.74, 6) is -2.48. The zero-order valence-corrected chi connectivity index (χ0v) is 18.2. The molecule has 1 unspecified atom stereocenters. The number of non-ortho nitro benzene ring substituents is 1. The molecule has 34 heavy (non-hydrogen) atoms. The summed E-state index contributed by atoms with van der Waals surface area (Å²) in [6, 6.07) is 11.1. The van der Waals surface area contributed by atoms with Crippen molar-refractivity contribution in [2.75, 3.05) is 4.90 Å². The molecule has 2 aromatic carbocycles. The van der Waals surface area contributed by atoms with Crippen molar-refractivity contribution in [2.45, 2.75) is 13.0 Å². The molecule has 1 N–H and O–H groups in total. The van der Waals surface area contributed by atoms with E-state index in [4.69, 9.17) is 4.42 Å². The van der Waals surface area contributed by atoms with Gasteiger partial charge in [0.15, 0.2) is 16.7 Å². The lowest BCUT2D eigenvalue weighted by Gasteiger charge is -2.24. The van der Waals surface area contributed by atoms with Gasteiger partial charge in [0, 0.05) is 12.1 Å². The fraction of sp³-hybridized carbons (Fsp3) is 0.0870. The van der Waals surface area contributed by atoms with E-state index < -0.39 is 34.2 Å². The van der Waals surface area contributed by atoms with Gasteiger partial charge in [-0.15, -0.1) is 0 Å². The highest BCUT2D eigenvalue weighted by Crippen LogP contribution is 2.44. The van der Waals surface area contributed by atoms with Gasteiger partial charge in [-0.3, -0.25) is 24.6 Å². The maximum absolute atomic E-state index is 13.6. The third-order valence-electron chi connectivity index (χ3n) is 5.38. The van der Waals surface area contributed by atoms with E-state index >= 15 is 0 Å². The third kappa shape index (κ3) is 3.42. The zero-order chi connectivity index (χ0) is 24.1. The number of halogens is 1. The van der Waals surface area contributed by atoms with Crippen molar-refractivity contribution in [3.05, 3.63) is 98.9 Å². The fourth-order valence-corrected chi connectivity index (χ4v) is 4.83. The lowest BCUT2D eigenvalue weighted by molar-refractivity contribution is -0.384. The minimum Gasteiger partial charge on any atom is -0.503 e. The van der Waals surface area contributed by atoms with Gasteiger partial charge in [-0.2, -0.15) is 0 Å². The molecule has 11 heteroatoms. The molecule has 4 aromatic rings. The number of amides is 1. The molecule has 0 fully saturated rings. The van der Waals surface area contributed by atoms with Crippen LogP contribution in [-0.2, 0) is 4.79 Å². The van der Waals surface area contributed by atoms with Crippen LogP contribution in [0.25, 0.3) is 10.2 Å². The molecule has 2 aromatic heterocycles. The number of hydrogen-bond acceptors (Lipinski definition) is 8. The van der Waals surface area contributed by atoms with Crippen LogP contribution in [0, 0.1) is 22.9 Å². The highest BCUT2D eigenvalue weighted by Gasteiger charge is 2.46. The number of aliphatic hydroxyl groups is 1. The van der Waals surface area contributed by atoms with E-state index in [0.29, 0.717) is 21.5 Å². The number of carbonyl (C=O) groups excluding carboxylic acids is 2. The number of hydrogen-bond donors (Lipinski definition) is 1. The highest BCUT2D eigenvalue weighted by atomic mass is 32.1. The number of fused-ring (bicyclic) bond motifs is 1. The van der Waals surface area contributed by atoms with Gasteiger partial charge in [0.1, 0.15) is 11.6 Å². The standard InChI is InChI=1S/C23H14FN3O6S/c1-11-2-9-16(33-11)20(28)18-19(12-3-5-13(24)6-4-12)26(22(30)21(18)29)23-25-15-8-7-14(27(31)32)10-17(15)34-23/h2-10,19,29H,1H3. The normalized spacial score (nSPS) is 16.0. The van der Waals surface area contributed by atoms with Gasteiger partial charge in [-0.1, -0.05) is 23.5 Å². The number of nitro groups is 1. The summed E-state index contributed by atoms with van der Waals surface area (Å²) in [5.41, 5.74) is 0.375. The first kappa shape index (κ1) is 21.5. The maximum Gasteiger partial charge on any atom is 0.296 e. The topological polar surface area (TPSA) is 127 Å². The predicted octanol–water partition coefficient (Wildman–Crippen LogP) is 5.03. The zero-order valence-electron chi connectivity index (χ0n) is 17.4. The number of anilines is 1. The molecule has 1 aliphatic heterocycles. The van der Waals surface area contributed by atoms with Crippen molar-refractivity contribution in [3.8, 4) is 0 Å². The fourth-order valence-electron chi connectivity index (χ4n) is 3.80. The summed E-state index contributed by atoms with van der Waals surface area (Å²) in [4.78, 5) is 42.6. The molecule has 0 bridgehead atoms. The molecule has 1 amide bonds. The van der Waals surface area contributed by atoms with Gasteiger partial charge < -0.3 is 9.52 Å². The molecule has 170 valence electrons. The summed E-state index contributed by atoms with van der Waals surface area (Å²) in [5, 5.41) is 22.0. The molecule has 1 aliphatic rings. The van der Waals surface area contributed by atoms with Gasteiger partial charge in [0.2, 0.25) is 5.78 Å². The molecule has 1 atom stereocenters. The number of Topliss-reactive ketones (excluding diaryl/α,β-unsaturated/α-hetero) is 1. The maximum atomic E-state index is 13.6. The van der Waals surface area contributed by atoms with Gasteiger partial charge in [0.05, 0.1) is 26.8 Å². The van der Waals surface area contributed by atoms with Crippen LogP contribution in [0.1, 0.15) is 27.9 Å². The van der Waals surface area contributed by atoms with Crippen LogP contribution in [0.5, 0.6) is 0 Å². The molecular formula is C23H14FN3O6S. The molecule has 0 spiro atoms. The number of aromatic nitrogens is 1. The van der Waals surface area contributed by atoms with Crippen LogP contribution in [0.2, 0.25) is 0 Å².